The maximum absolute atomic E-state index is 11.7. The molecule has 1 amide bonds. The highest BCUT2D eigenvalue weighted by Crippen LogP contribution is 2.31. The first-order chi connectivity index (χ1) is 9.99. The number of hydrogen-bond donors (Lipinski definition) is 2. The Morgan fingerprint density at radius 2 is 2.19 bits per heavy atom. The quantitative estimate of drug-likeness (QED) is 0.340. The Morgan fingerprint density at radius 1 is 1.48 bits per heavy atom. The molecule has 9 heteroatoms. The van der Waals surface area contributed by atoms with Crippen LogP contribution in [0.1, 0.15) is 6.92 Å². The number of hydrogen-bond acceptors (Lipinski definition) is 6. The minimum atomic E-state index is -0.987. The fraction of sp³-hybridized carbons (Fsp3) is 0.417. The number of nitrogens with zero attached hydrogens (tertiary/aromatic N) is 1. The number of pyridine rings is 1. The molecule has 0 spiro atoms. The van der Waals surface area contributed by atoms with E-state index in [1.807, 2.05) is 0 Å². The molecule has 7 nitrogen and oxygen atoms in total. The molecule has 1 aromatic rings. The van der Waals surface area contributed by atoms with Gasteiger partial charge in [0.25, 0.3) is 0 Å². The van der Waals surface area contributed by atoms with Crippen molar-refractivity contribution in [1.82, 2.24) is 4.98 Å². The summed E-state index contributed by atoms with van der Waals surface area (Å²) in [6.45, 7) is 2.67. The van der Waals surface area contributed by atoms with Crippen molar-refractivity contribution in [3.05, 3.63) is 15.8 Å². The molecule has 0 unspecified atom stereocenters. The van der Waals surface area contributed by atoms with Gasteiger partial charge in [-0.2, -0.15) is 0 Å². The fourth-order valence-corrected chi connectivity index (χ4v) is 2.14. The van der Waals surface area contributed by atoms with Crippen molar-refractivity contribution in [2.24, 2.45) is 0 Å². The third-order valence-corrected chi connectivity index (χ3v) is 2.94. The van der Waals surface area contributed by atoms with Crippen LogP contribution in [0.2, 0.25) is 5.15 Å². The van der Waals surface area contributed by atoms with Crippen molar-refractivity contribution in [2.45, 2.75) is 6.92 Å². The van der Waals surface area contributed by atoms with Crippen LogP contribution in [-0.2, 0) is 19.1 Å². The Kier molecular flexibility index (Phi) is 7.41. The molecule has 0 atom stereocenters. The third-order valence-electron chi connectivity index (χ3n) is 2.27. The monoisotopic (exact) mass is 379 g/mol. The molecule has 1 rings (SSSR count). The van der Waals surface area contributed by atoms with Gasteiger partial charge >= 0.3 is 11.9 Å². The van der Waals surface area contributed by atoms with Gasteiger partial charge < -0.3 is 20.1 Å². The SMILES string of the molecule is CCOC(=O)C(=O)Nc1c(NCCOC)cc(Br)nc1Cl. The molecule has 0 radical (unpaired) electrons. The molecule has 0 aliphatic heterocycles. The van der Waals surface area contributed by atoms with E-state index in [1.165, 1.54) is 0 Å². The van der Waals surface area contributed by atoms with E-state index in [1.54, 1.807) is 20.1 Å². The van der Waals surface area contributed by atoms with Gasteiger partial charge in [0.15, 0.2) is 5.15 Å². The largest absolute Gasteiger partial charge is 0.459 e. The number of methoxy groups -OCH3 is 1. The molecule has 0 aromatic carbocycles. The maximum Gasteiger partial charge on any atom is 0.397 e. The van der Waals surface area contributed by atoms with E-state index in [9.17, 15) is 9.59 Å². The topological polar surface area (TPSA) is 89.6 Å². The Morgan fingerprint density at radius 3 is 2.81 bits per heavy atom. The van der Waals surface area contributed by atoms with E-state index in [0.717, 1.165) is 0 Å². The highest BCUT2D eigenvalue weighted by molar-refractivity contribution is 9.10. The number of carbonyl (C=O) groups excluding carboxylic acids is 2. The van der Waals surface area contributed by atoms with Crippen LogP contribution in [0.4, 0.5) is 11.4 Å². The van der Waals surface area contributed by atoms with Crippen molar-refractivity contribution < 1.29 is 19.1 Å². The molecule has 0 bridgehead atoms. The van der Waals surface area contributed by atoms with Gasteiger partial charge in [0.2, 0.25) is 0 Å². The van der Waals surface area contributed by atoms with E-state index in [4.69, 9.17) is 16.3 Å². The average Bonchev–Trinajstić information content (AvgIpc) is 2.42. The number of halogens is 2. The highest BCUT2D eigenvalue weighted by Gasteiger charge is 2.19. The van der Waals surface area contributed by atoms with Crippen LogP contribution in [0.15, 0.2) is 10.7 Å². The van der Waals surface area contributed by atoms with Crippen LogP contribution < -0.4 is 10.6 Å². The van der Waals surface area contributed by atoms with E-state index < -0.39 is 11.9 Å². The summed E-state index contributed by atoms with van der Waals surface area (Å²) in [7, 11) is 1.57. The Hall–Kier alpha value is -1.38. The average molecular weight is 381 g/mol. The molecule has 0 fully saturated rings. The second-order valence-corrected chi connectivity index (χ2v) is 4.92. The lowest BCUT2D eigenvalue weighted by atomic mass is 10.3. The van der Waals surface area contributed by atoms with Gasteiger partial charge in [-0.15, -0.1) is 0 Å². The smallest absolute Gasteiger partial charge is 0.397 e. The van der Waals surface area contributed by atoms with Crippen LogP contribution in [0.3, 0.4) is 0 Å². The van der Waals surface area contributed by atoms with Crippen LogP contribution >= 0.6 is 27.5 Å². The Labute approximate surface area is 135 Å². The number of esters is 1. The molecular formula is C12H15BrClN3O4. The van der Waals surface area contributed by atoms with Crippen LogP contribution in [0.5, 0.6) is 0 Å². The zero-order valence-corrected chi connectivity index (χ0v) is 13.9. The predicted octanol–water partition coefficient (Wildman–Crippen LogP) is 2.06. The number of ether oxygens (including phenoxy) is 2. The highest BCUT2D eigenvalue weighted by atomic mass is 79.9. The van der Waals surface area contributed by atoms with Gasteiger partial charge in [-0.1, -0.05) is 11.6 Å². The first-order valence-corrected chi connectivity index (χ1v) is 7.23. The lowest BCUT2D eigenvalue weighted by Gasteiger charge is -2.14. The molecule has 0 saturated heterocycles. The molecule has 0 aliphatic rings. The first kappa shape index (κ1) is 17.7. The van der Waals surface area contributed by atoms with Crippen molar-refractivity contribution in [3.8, 4) is 0 Å². The summed E-state index contributed by atoms with van der Waals surface area (Å²) < 4.78 is 10.0. The number of amides is 1. The van der Waals surface area contributed by atoms with E-state index in [0.29, 0.717) is 23.4 Å². The molecule has 0 saturated carbocycles. The summed E-state index contributed by atoms with van der Waals surface area (Å²) in [5, 5.41) is 5.45. The van der Waals surface area contributed by atoms with Crippen LogP contribution in [0.25, 0.3) is 0 Å². The maximum atomic E-state index is 11.7. The number of nitrogens with one attached hydrogen (secondary N) is 2. The standard InChI is InChI=1S/C12H15BrClN3O4/c1-3-21-12(19)11(18)17-9-7(15-4-5-20-2)6-8(13)16-10(9)14/h6H,3-5H2,1-2H3,(H,15,16)(H,17,18). The molecular weight excluding hydrogens is 366 g/mol. The zero-order valence-electron chi connectivity index (χ0n) is 11.5. The second-order valence-electron chi connectivity index (χ2n) is 3.75. The first-order valence-electron chi connectivity index (χ1n) is 6.06. The normalized spacial score (nSPS) is 10.1. The number of rotatable bonds is 6. The summed E-state index contributed by atoms with van der Waals surface area (Å²) in [5.41, 5.74) is 0.714. The molecule has 1 heterocycles. The van der Waals surface area contributed by atoms with Gasteiger partial charge in [0, 0.05) is 13.7 Å². The zero-order chi connectivity index (χ0) is 15.8. The van der Waals surface area contributed by atoms with Gasteiger partial charge in [0.1, 0.15) is 10.3 Å². The molecule has 2 N–H and O–H groups in total. The number of carbonyl (C=O) groups is 2. The predicted molar refractivity (Wildman–Crippen MR) is 82.6 cm³/mol. The lowest BCUT2D eigenvalue weighted by molar-refractivity contribution is -0.152. The van der Waals surface area contributed by atoms with Crippen LogP contribution in [-0.4, -0.2) is 43.7 Å². The van der Waals surface area contributed by atoms with Crippen molar-refractivity contribution in [3.63, 3.8) is 0 Å². The van der Waals surface area contributed by atoms with Crippen LogP contribution in [0, 0.1) is 0 Å². The van der Waals surface area contributed by atoms with Gasteiger partial charge in [-0.25, -0.2) is 9.78 Å². The Balaban J connectivity index is 2.93. The number of anilines is 2. The third kappa shape index (κ3) is 5.49. The van der Waals surface area contributed by atoms with Gasteiger partial charge in [0.05, 0.1) is 18.9 Å². The van der Waals surface area contributed by atoms with E-state index in [2.05, 4.69) is 36.3 Å². The minimum absolute atomic E-state index is 0.0435. The molecule has 21 heavy (non-hydrogen) atoms. The minimum Gasteiger partial charge on any atom is -0.459 e. The van der Waals surface area contributed by atoms with E-state index in [-0.39, 0.29) is 17.4 Å². The second kappa shape index (κ2) is 8.81. The summed E-state index contributed by atoms with van der Waals surface area (Å²) in [6, 6.07) is 1.63. The number of aromatic nitrogens is 1. The summed E-state index contributed by atoms with van der Waals surface area (Å²) in [5.74, 6) is -1.91. The van der Waals surface area contributed by atoms with Gasteiger partial charge in [-0.3, -0.25) is 4.79 Å². The molecule has 0 aliphatic carbocycles. The molecule has 1 aromatic heterocycles. The summed E-state index contributed by atoms with van der Waals surface area (Å²) >= 11 is 9.20. The van der Waals surface area contributed by atoms with Crippen molar-refractivity contribution >= 4 is 50.8 Å². The molecule has 116 valence electrons. The van der Waals surface area contributed by atoms with Gasteiger partial charge in [-0.05, 0) is 28.9 Å². The van der Waals surface area contributed by atoms with E-state index >= 15 is 0 Å². The summed E-state index contributed by atoms with van der Waals surface area (Å²) in [6.07, 6.45) is 0. The van der Waals surface area contributed by atoms with Crippen molar-refractivity contribution in [1.29, 1.82) is 0 Å². The Bertz CT molecular complexity index is 527. The lowest BCUT2D eigenvalue weighted by Crippen LogP contribution is -2.26. The van der Waals surface area contributed by atoms with Crippen molar-refractivity contribution in [2.75, 3.05) is 37.5 Å². The summed E-state index contributed by atoms with van der Waals surface area (Å²) in [4.78, 5) is 27.0. The fourth-order valence-electron chi connectivity index (χ4n) is 1.39.